The number of aliphatic hydroxyl groups excluding tert-OH is 3. The van der Waals surface area contributed by atoms with E-state index in [4.69, 9.17) is 15.6 Å². The number of nitrogens with one attached hydrogen (secondary N) is 1. The van der Waals surface area contributed by atoms with Gasteiger partial charge in [0, 0.05) is 0 Å². The molecule has 1 heterocycles. The maximum atomic E-state index is 11.1. The first-order chi connectivity index (χ1) is 9.81. The van der Waals surface area contributed by atoms with Gasteiger partial charge in [0.1, 0.15) is 24.4 Å². The summed E-state index contributed by atoms with van der Waals surface area (Å²) in [7, 11) is 0. The summed E-state index contributed by atoms with van der Waals surface area (Å²) < 4.78 is 4.94. The number of nitrogens with two attached hydrogens (primary N) is 1. The Morgan fingerprint density at radius 1 is 1.30 bits per heavy atom. The van der Waals surface area contributed by atoms with E-state index in [-0.39, 0.29) is 31.4 Å². The maximum absolute atomic E-state index is 11.1. The second-order valence-electron chi connectivity index (χ2n) is 5.21. The summed E-state index contributed by atoms with van der Waals surface area (Å²) in [5, 5.41) is 50.4. The van der Waals surface area contributed by atoms with Gasteiger partial charge < -0.3 is 36.0 Å². The Bertz CT molecular complexity index is 353. The van der Waals surface area contributed by atoms with E-state index in [2.05, 4.69) is 5.32 Å². The van der Waals surface area contributed by atoms with E-state index in [1.165, 1.54) is 0 Å². The lowest BCUT2D eigenvalue weighted by atomic mass is 9.96. The highest BCUT2D eigenvalue weighted by molar-refractivity contribution is 5.85. The average Bonchev–Trinajstić information content (AvgIpc) is 2.45. The van der Waals surface area contributed by atoms with Crippen LogP contribution in [-0.4, -0.2) is 81.3 Å². The summed E-state index contributed by atoms with van der Waals surface area (Å²) in [6.45, 7) is -0.291. The third-order valence-corrected chi connectivity index (χ3v) is 3.53. The highest BCUT2D eigenvalue weighted by atomic mass is 35.5. The standard InChI is InChI=1S/C12H24N2O7.2ClH/c13-4-2-1-3-7(11(18)19)14-6-12(20)10(17)9(16)8(15)5-21-12;;/h7-10,14-17,20H,1-6,13H2,(H,18,19);2*1H/t7-,8+,9+,10-,12+;;/m0../s1. The summed E-state index contributed by atoms with van der Waals surface area (Å²) in [6.07, 6.45) is -3.02. The van der Waals surface area contributed by atoms with Crippen LogP contribution in [0.5, 0.6) is 0 Å². The number of rotatable bonds is 8. The quantitative estimate of drug-likeness (QED) is 0.231. The summed E-state index contributed by atoms with van der Waals surface area (Å²) in [5.74, 6) is -3.25. The molecule has 1 aliphatic rings. The molecule has 0 unspecified atom stereocenters. The van der Waals surface area contributed by atoms with Crippen LogP contribution in [0.3, 0.4) is 0 Å². The SMILES string of the molecule is Cl.Cl.NCCCC[C@H](NC[C@@]1(O)OC[C@@H](O)[C@@H](O)[C@@H]1O)C(=O)O. The van der Waals surface area contributed by atoms with Crippen molar-refractivity contribution in [3.05, 3.63) is 0 Å². The molecule has 0 spiro atoms. The molecule has 0 saturated carbocycles. The Labute approximate surface area is 146 Å². The summed E-state index contributed by atoms with van der Waals surface area (Å²) in [5.41, 5.74) is 5.34. The fourth-order valence-corrected chi connectivity index (χ4v) is 2.12. The molecule has 0 aromatic rings. The molecule has 0 amide bonds. The number of aliphatic carboxylic acids is 1. The second kappa shape index (κ2) is 11.3. The summed E-state index contributed by atoms with van der Waals surface area (Å²) in [6, 6.07) is -0.930. The van der Waals surface area contributed by atoms with Gasteiger partial charge in [-0.05, 0) is 19.4 Å². The van der Waals surface area contributed by atoms with Crippen molar-refractivity contribution in [2.75, 3.05) is 19.7 Å². The van der Waals surface area contributed by atoms with Crippen molar-refractivity contribution in [2.45, 2.75) is 49.4 Å². The smallest absolute Gasteiger partial charge is 0.320 e. The fraction of sp³-hybridized carbons (Fsp3) is 0.917. The van der Waals surface area contributed by atoms with Crippen molar-refractivity contribution in [3.63, 3.8) is 0 Å². The van der Waals surface area contributed by atoms with Gasteiger partial charge in [-0.15, -0.1) is 24.8 Å². The number of carboxylic acids is 1. The Morgan fingerprint density at radius 3 is 2.43 bits per heavy atom. The lowest BCUT2D eigenvalue weighted by Crippen LogP contribution is -2.65. The van der Waals surface area contributed by atoms with Gasteiger partial charge in [-0.1, -0.05) is 6.42 Å². The molecule has 8 N–H and O–H groups in total. The van der Waals surface area contributed by atoms with Gasteiger partial charge in [0.15, 0.2) is 0 Å². The van der Waals surface area contributed by atoms with Crippen LogP contribution < -0.4 is 11.1 Å². The van der Waals surface area contributed by atoms with E-state index < -0.39 is 42.7 Å². The number of hydrogen-bond acceptors (Lipinski definition) is 8. The zero-order valence-corrected chi connectivity index (χ0v) is 14.1. The largest absolute Gasteiger partial charge is 0.480 e. The topological polar surface area (TPSA) is 166 Å². The molecule has 5 atom stereocenters. The predicted octanol–water partition coefficient (Wildman–Crippen LogP) is -2.20. The third kappa shape index (κ3) is 7.04. The van der Waals surface area contributed by atoms with Crippen LogP contribution in [0.1, 0.15) is 19.3 Å². The van der Waals surface area contributed by atoms with Crippen molar-refractivity contribution < 1.29 is 35.1 Å². The average molecular weight is 381 g/mol. The maximum Gasteiger partial charge on any atom is 0.320 e. The number of ether oxygens (including phenoxy) is 1. The molecule has 140 valence electrons. The van der Waals surface area contributed by atoms with Gasteiger partial charge in [0.05, 0.1) is 13.2 Å². The molecule has 1 fully saturated rings. The molecule has 9 nitrogen and oxygen atoms in total. The van der Waals surface area contributed by atoms with Crippen LogP contribution in [0.15, 0.2) is 0 Å². The Balaban J connectivity index is 0. The number of aliphatic hydroxyl groups is 4. The molecular formula is C12H26Cl2N2O7. The minimum atomic E-state index is -2.15. The molecule has 23 heavy (non-hydrogen) atoms. The minimum Gasteiger partial charge on any atom is -0.480 e. The Morgan fingerprint density at radius 2 is 1.91 bits per heavy atom. The van der Waals surface area contributed by atoms with Gasteiger partial charge in [-0.3, -0.25) is 10.1 Å². The molecule has 0 radical (unpaired) electrons. The monoisotopic (exact) mass is 380 g/mol. The number of carbonyl (C=O) groups is 1. The first-order valence-electron chi connectivity index (χ1n) is 6.88. The number of carboxylic acid groups (broad SMARTS) is 1. The van der Waals surface area contributed by atoms with E-state index in [1.54, 1.807) is 0 Å². The molecule has 1 aliphatic heterocycles. The second-order valence-corrected chi connectivity index (χ2v) is 5.21. The highest BCUT2D eigenvalue weighted by Crippen LogP contribution is 2.23. The third-order valence-electron chi connectivity index (χ3n) is 3.53. The molecule has 0 aromatic carbocycles. The first-order valence-corrected chi connectivity index (χ1v) is 6.88. The van der Waals surface area contributed by atoms with Crippen LogP contribution in [0.25, 0.3) is 0 Å². The van der Waals surface area contributed by atoms with Gasteiger partial charge in [-0.25, -0.2) is 0 Å². The van der Waals surface area contributed by atoms with Gasteiger partial charge in [-0.2, -0.15) is 0 Å². The lowest BCUT2D eigenvalue weighted by molar-refractivity contribution is -0.318. The molecule has 0 aromatic heterocycles. The highest BCUT2D eigenvalue weighted by Gasteiger charge is 2.48. The fourth-order valence-electron chi connectivity index (χ4n) is 2.12. The molecule has 11 heteroatoms. The Kier molecular flexibility index (Phi) is 12.3. The zero-order chi connectivity index (χ0) is 16.0. The Hall–Kier alpha value is -0.230. The number of unbranched alkanes of at least 4 members (excludes halogenated alkanes) is 1. The van der Waals surface area contributed by atoms with Gasteiger partial charge >= 0.3 is 5.97 Å². The minimum absolute atomic E-state index is 0. The lowest BCUT2D eigenvalue weighted by Gasteiger charge is -2.42. The van der Waals surface area contributed by atoms with Crippen LogP contribution >= 0.6 is 24.8 Å². The normalized spacial score (nSPS) is 31.6. The molecular weight excluding hydrogens is 355 g/mol. The number of hydrogen-bond donors (Lipinski definition) is 7. The van der Waals surface area contributed by atoms with Crippen LogP contribution in [0, 0.1) is 0 Å². The van der Waals surface area contributed by atoms with Crippen LogP contribution in [0.4, 0.5) is 0 Å². The van der Waals surface area contributed by atoms with Crippen molar-refractivity contribution in [3.8, 4) is 0 Å². The molecule has 0 bridgehead atoms. The van der Waals surface area contributed by atoms with Gasteiger partial charge in [0.25, 0.3) is 0 Å². The van der Waals surface area contributed by atoms with E-state index in [9.17, 15) is 25.2 Å². The van der Waals surface area contributed by atoms with E-state index in [0.29, 0.717) is 25.8 Å². The molecule has 1 rings (SSSR count). The van der Waals surface area contributed by atoms with Crippen LogP contribution in [-0.2, 0) is 9.53 Å². The van der Waals surface area contributed by atoms with Gasteiger partial charge in [0.2, 0.25) is 5.79 Å². The van der Waals surface area contributed by atoms with E-state index in [0.717, 1.165) is 0 Å². The van der Waals surface area contributed by atoms with Crippen molar-refractivity contribution in [1.82, 2.24) is 5.32 Å². The summed E-state index contributed by atoms with van der Waals surface area (Å²) in [4.78, 5) is 11.1. The van der Waals surface area contributed by atoms with Crippen molar-refractivity contribution >= 4 is 30.8 Å². The van der Waals surface area contributed by atoms with E-state index >= 15 is 0 Å². The molecule has 1 saturated heterocycles. The van der Waals surface area contributed by atoms with E-state index in [1.807, 2.05) is 0 Å². The van der Waals surface area contributed by atoms with Crippen molar-refractivity contribution in [1.29, 1.82) is 0 Å². The summed E-state index contributed by atoms with van der Waals surface area (Å²) >= 11 is 0. The zero-order valence-electron chi connectivity index (χ0n) is 12.5. The first kappa shape index (κ1) is 25.0. The van der Waals surface area contributed by atoms with Crippen LogP contribution in [0.2, 0.25) is 0 Å². The van der Waals surface area contributed by atoms with Crippen molar-refractivity contribution in [2.24, 2.45) is 5.73 Å². The number of halogens is 2. The predicted molar refractivity (Wildman–Crippen MR) is 85.8 cm³/mol. The molecule has 0 aliphatic carbocycles.